The number of benzene rings is 1. The lowest BCUT2D eigenvalue weighted by Crippen LogP contribution is -2.21. The zero-order valence-electron chi connectivity index (χ0n) is 12.5. The summed E-state index contributed by atoms with van der Waals surface area (Å²) in [6.07, 6.45) is 3.14. The van der Waals surface area contributed by atoms with Crippen LogP contribution in [0.5, 0.6) is 0 Å². The largest absolute Gasteiger partial charge is 0.372 e. The van der Waals surface area contributed by atoms with Crippen molar-refractivity contribution in [2.75, 3.05) is 23.8 Å². The number of rotatable bonds is 6. The summed E-state index contributed by atoms with van der Waals surface area (Å²) in [7, 11) is 0. The van der Waals surface area contributed by atoms with Gasteiger partial charge in [0.25, 0.3) is 5.91 Å². The van der Waals surface area contributed by atoms with Crippen LogP contribution in [0.3, 0.4) is 0 Å². The lowest BCUT2D eigenvalue weighted by molar-refractivity contribution is -0.120. The summed E-state index contributed by atoms with van der Waals surface area (Å²) in [6.45, 7) is 2.15. The number of nitrogens with zero attached hydrogens (tertiary/aromatic N) is 1. The van der Waals surface area contributed by atoms with Crippen LogP contribution in [-0.4, -0.2) is 30.0 Å². The number of carbonyl (C=O) groups is 2. The molecule has 2 aromatic rings. The van der Waals surface area contributed by atoms with Crippen LogP contribution in [-0.2, 0) is 9.53 Å². The van der Waals surface area contributed by atoms with Crippen LogP contribution in [0.2, 0.25) is 5.02 Å². The molecule has 23 heavy (non-hydrogen) atoms. The second-order valence-electron chi connectivity index (χ2n) is 4.57. The van der Waals surface area contributed by atoms with Crippen LogP contribution in [0.15, 0.2) is 42.7 Å². The Labute approximate surface area is 138 Å². The Morgan fingerprint density at radius 2 is 1.91 bits per heavy atom. The maximum Gasteiger partial charge on any atom is 0.257 e. The Hall–Kier alpha value is -2.44. The molecule has 0 aliphatic heterocycles. The highest BCUT2D eigenvalue weighted by Gasteiger charge is 2.14. The second kappa shape index (κ2) is 8.26. The molecule has 0 aliphatic rings. The van der Waals surface area contributed by atoms with Crippen molar-refractivity contribution in [3.05, 3.63) is 53.3 Å². The van der Waals surface area contributed by atoms with Crippen molar-refractivity contribution in [3.63, 3.8) is 0 Å². The molecule has 0 saturated heterocycles. The van der Waals surface area contributed by atoms with Crippen LogP contribution in [0.1, 0.15) is 17.3 Å². The van der Waals surface area contributed by atoms with E-state index in [1.165, 1.54) is 6.07 Å². The highest BCUT2D eigenvalue weighted by atomic mass is 35.5. The van der Waals surface area contributed by atoms with Gasteiger partial charge in [0.05, 0.1) is 11.3 Å². The van der Waals surface area contributed by atoms with E-state index in [-0.39, 0.29) is 24.0 Å². The first-order valence-corrected chi connectivity index (χ1v) is 7.36. The van der Waals surface area contributed by atoms with Gasteiger partial charge in [0, 0.05) is 29.7 Å². The Morgan fingerprint density at radius 1 is 1.17 bits per heavy atom. The number of carbonyl (C=O) groups excluding carboxylic acids is 2. The van der Waals surface area contributed by atoms with Crippen LogP contribution >= 0.6 is 11.6 Å². The first-order valence-electron chi connectivity index (χ1n) is 6.98. The molecule has 7 heteroatoms. The Bertz CT molecular complexity index is 692. The normalized spacial score (nSPS) is 10.2. The van der Waals surface area contributed by atoms with Crippen LogP contribution in [0.25, 0.3) is 0 Å². The number of aromatic nitrogens is 1. The topological polar surface area (TPSA) is 80.3 Å². The van der Waals surface area contributed by atoms with Gasteiger partial charge in [-0.25, -0.2) is 0 Å². The Morgan fingerprint density at radius 3 is 2.61 bits per heavy atom. The minimum atomic E-state index is -0.384. The molecule has 0 atom stereocenters. The van der Waals surface area contributed by atoms with Gasteiger partial charge < -0.3 is 15.4 Å². The highest BCUT2D eigenvalue weighted by Crippen LogP contribution is 2.22. The zero-order chi connectivity index (χ0) is 16.7. The molecular formula is C16H16ClN3O3. The zero-order valence-corrected chi connectivity index (χ0v) is 13.3. The van der Waals surface area contributed by atoms with E-state index < -0.39 is 0 Å². The van der Waals surface area contributed by atoms with Crippen molar-refractivity contribution in [2.45, 2.75) is 6.92 Å². The van der Waals surface area contributed by atoms with E-state index in [4.69, 9.17) is 16.3 Å². The molecule has 0 spiro atoms. The smallest absolute Gasteiger partial charge is 0.257 e. The third kappa shape index (κ3) is 5.05. The first-order chi connectivity index (χ1) is 11.1. The fraction of sp³-hybridized carbons (Fsp3) is 0.188. The SMILES string of the molecule is CCOCC(=O)Nc1ccc(Cl)cc1C(=O)Nc1ccncc1. The van der Waals surface area contributed by atoms with Crippen LogP contribution in [0, 0.1) is 0 Å². The number of hydrogen-bond acceptors (Lipinski definition) is 4. The van der Waals surface area contributed by atoms with E-state index in [9.17, 15) is 9.59 Å². The summed E-state index contributed by atoms with van der Waals surface area (Å²) < 4.78 is 5.04. The van der Waals surface area contributed by atoms with Gasteiger partial charge >= 0.3 is 0 Å². The molecular weight excluding hydrogens is 318 g/mol. The van der Waals surface area contributed by atoms with Gasteiger partial charge in [0.15, 0.2) is 0 Å². The molecule has 2 amide bonds. The number of hydrogen-bond donors (Lipinski definition) is 2. The second-order valence-corrected chi connectivity index (χ2v) is 5.00. The van der Waals surface area contributed by atoms with E-state index in [1.807, 2.05) is 0 Å². The molecule has 2 N–H and O–H groups in total. The highest BCUT2D eigenvalue weighted by molar-refractivity contribution is 6.31. The average Bonchev–Trinajstić information content (AvgIpc) is 2.55. The molecule has 1 aromatic heterocycles. The fourth-order valence-corrected chi connectivity index (χ4v) is 2.00. The van der Waals surface area contributed by atoms with E-state index in [0.29, 0.717) is 23.0 Å². The van der Waals surface area contributed by atoms with E-state index in [2.05, 4.69) is 15.6 Å². The van der Waals surface area contributed by atoms with Crippen molar-refractivity contribution in [3.8, 4) is 0 Å². The van der Waals surface area contributed by atoms with E-state index in [1.54, 1.807) is 43.6 Å². The molecule has 1 heterocycles. The van der Waals surface area contributed by atoms with Gasteiger partial charge in [-0.2, -0.15) is 0 Å². The summed E-state index contributed by atoms with van der Waals surface area (Å²) in [5.41, 5.74) is 1.22. The van der Waals surface area contributed by atoms with Crippen molar-refractivity contribution in [1.82, 2.24) is 4.98 Å². The number of halogens is 1. The predicted octanol–water partition coefficient (Wildman–Crippen LogP) is 2.96. The Kier molecular flexibility index (Phi) is 6.08. The van der Waals surface area contributed by atoms with E-state index >= 15 is 0 Å². The van der Waals surface area contributed by atoms with Crippen molar-refractivity contribution >= 4 is 34.8 Å². The molecule has 1 aromatic carbocycles. The van der Waals surface area contributed by atoms with Gasteiger partial charge in [-0.15, -0.1) is 0 Å². The summed E-state index contributed by atoms with van der Waals surface area (Å²) in [4.78, 5) is 28.1. The standard InChI is InChI=1S/C16H16ClN3O3/c1-2-23-10-15(21)20-14-4-3-11(17)9-13(14)16(22)19-12-5-7-18-8-6-12/h3-9H,2,10H2,1H3,(H,20,21)(H,18,19,22). The molecule has 0 radical (unpaired) electrons. The van der Waals surface area contributed by atoms with Gasteiger partial charge in [0.1, 0.15) is 6.61 Å². The third-order valence-electron chi connectivity index (χ3n) is 2.88. The third-order valence-corrected chi connectivity index (χ3v) is 3.11. The number of amides is 2. The summed E-state index contributed by atoms with van der Waals surface area (Å²) in [5, 5.41) is 5.76. The number of anilines is 2. The van der Waals surface area contributed by atoms with Crippen LogP contribution < -0.4 is 10.6 Å². The number of ether oxygens (including phenoxy) is 1. The Balaban J connectivity index is 2.17. The summed E-state index contributed by atoms with van der Waals surface area (Å²) >= 11 is 5.96. The van der Waals surface area contributed by atoms with Crippen molar-refractivity contribution in [1.29, 1.82) is 0 Å². The average molecular weight is 334 g/mol. The van der Waals surface area contributed by atoms with Gasteiger partial charge in [0.2, 0.25) is 5.91 Å². The molecule has 0 aliphatic carbocycles. The summed E-state index contributed by atoms with van der Waals surface area (Å²) in [6, 6.07) is 7.99. The minimum Gasteiger partial charge on any atom is -0.372 e. The lowest BCUT2D eigenvalue weighted by atomic mass is 10.1. The molecule has 0 unspecified atom stereocenters. The fourth-order valence-electron chi connectivity index (χ4n) is 1.83. The van der Waals surface area contributed by atoms with Crippen molar-refractivity contribution in [2.24, 2.45) is 0 Å². The van der Waals surface area contributed by atoms with E-state index in [0.717, 1.165) is 0 Å². The van der Waals surface area contributed by atoms with Gasteiger partial charge in [-0.05, 0) is 37.3 Å². The molecule has 0 bridgehead atoms. The van der Waals surface area contributed by atoms with Crippen molar-refractivity contribution < 1.29 is 14.3 Å². The van der Waals surface area contributed by atoms with Crippen LogP contribution in [0.4, 0.5) is 11.4 Å². The predicted molar refractivity (Wildman–Crippen MR) is 88.8 cm³/mol. The first kappa shape index (κ1) is 16.9. The summed E-state index contributed by atoms with van der Waals surface area (Å²) in [5.74, 6) is -0.724. The van der Waals surface area contributed by atoms with Gasteiger partial charge in [-0.3, -0.25) is 14.6 Å². The minimum absolute atomic E-state index is 0.0788. The molecule has 2 rings (SSSR count). The quantitative estimate of drug-likeness (QED) is 0.851. The lowest BCUT2D eigenvalue weighted by Gasteiger charge is -2.12. The number of pyridine rings is 1. The molecule has 120 valence electrons. The maximum absolute atomic E-state index is 12.4. The van der Waals surface area contributed by atoms with Gasteiger partial charge in [-0.1, -0.05) is 11.6 Å². The monoisotopic (exact) mass is 333 g/mol. The number of nitrogens with one attached hydrogen (secondary N) is 2. The molecule has 6 nitrogen and oxygen atoms in total. The maximum atomic E-state index is 12.4. The molecule has 0 saturated carbocycles. The molecule has 0 fully saturated rings.